The van der Waals surface area contributed by atoms with Gasteiger partial charge >= 0.3 is 5.97 Å². The van der Waals surface area contributed by atoms with E-state index in [-0.39, 0.29) is 17.2 Å². The highest BCUT2D eigenvalue weighted by Crippen LogP contribution is 2.51. The molecule has 1 aliphatic carbocycles. The normalized spacial score (nSPS) is 24.3. The van der Waals surface area contributed by atoms with Crippen LogP contribution >= 0.6 is 0 Å². The van der Waals surface area contributed by atoms with E-state index in [1.807, 2.05) is 20.8 Å². The molecule has 0 radical (unpaired) electrons. The van der Waals surface area contributed by atoms with E-state index in [1.165, 1.54) is 0 Å². The highest BCUT2D eigenvalue weighted by molar-refractivity contribution is 5.87. The predicted octanol–water partition coefficient (Wildman–Crippen LogP) is 1.40. The van der Waals surface area contributed by atoms with Crippen molar-refractivity contribution >= 4 is 11.9 Å². The summed E-state index contributed by atoms with van der Waals surface area (Å²) in [5.74, 6) is -1.05. The number of hydrogen-bond donors (Lipinski definition) is 2. The Balaban J connectivity index is 2.45. The first-order valence-electron chi connectivity index (χ1n) is 5.41. The highest BCUT2D eigenvalue weighted by atomic mass is 16.4. The van der Waals surface area contributed by atoms with Crippen LogP contribution in [0.5, 0.6) is 0 Å². The van der Waals surface area contributed by atoms with Gasteiger partial charge in [0, 0.05) is 5.92 Å². The molecule has 4 heteroatoms. The maximum absolute atomic E-state index is 11.6. The molecule has 0 aromatic rings. The fourth-order valence-corrected chi connectivity index (χ4v) is 1.73. The van der Waals surface area contributed by atoms with Crippen molar-refractivity contribution in [3.05, 3.63) is 0 Å². The molecule has 0 aliphatic heterocycles. The van der Waals surface area contributed by atoms with Crippen molar-refractivity contribution in [2.24, 2.45) is 11.3 Å². The first-order chi connectivity index (χ1) is 6.88. The Morgan fingerprint density at radius 1 is 1.53 bits per heavy atom. The summed E-state index contributed by atoms with van der Waals surface area (Å²) in [6.45, 7) is 5.95. The second-order valence-corrected chi connectivity index (χ2v) is 4.93. The SMILES string of the molecule is CCC[C@@H](NC(=O)C1CC1(C)C)C(=O)O. The summed E-state index contributed by atoms with van der Waals surface area (Å²) < 4.78 is 0. The lowest BCUT2D eigenvalue weighted by Gasteiger charge is -2.14. The van der Waals surface area contributed by atoms with Gasteiger partial charge in [-0.25, -0.2) is 4.79 Å². The molecule has 1 unspecified atom stereocenters. The molecule has 0 heterocycles. The Labute approximate surface area is 90.0 Å². The fraction of sp³-hybridized carbons (Fsp3) is 0.818. The third-order valence-corrected chi connectivity index (χ3v) is 3.02. The molecule has 1 aliphatic rings. The molecule has 1 rings (SSSR count). The van der Waals surface area contributed by atoms with Gasteiger partial charge in [0.15, 0.2) is 0 Å². The van der Waals surface area contributed by atoms with Gasteiger partial charge < -0.3 is 10.4 Å². The third-order valence-electron chi connectivity index (χ3n) is 3.02. The molecule has 2 N–H and O–H groups in total. The third kappa shape index (κ3) is 2.94. The van der Waals surface area contributed by atoms with E-state index in [4.69, 9.17) is 5.11 Å². The quantitative estimate of drug-likeness (QED) is 0.725. The lowest BCUT2D eigenvalue weighted by molar-refractivity contribution is -0.142. The summed E-state index contributed by atoms with van der Waals surface area (Å²) >= 11 is 0. The van der Waals surface area contributed by atoms with Gasteiger partial charge in [0.25, 0.3) is 0 Å². The van der Waals surface area contributed by atoms with E-state index in [9.17, 15) is 9.59 Å². The van der Waals surface area contributed by atoms with E-state index < -0.39 is 12.0 Å². The van der Waals surface area contributed by atoms with Crippen LogP contribution in [-0.2, 0) is 9.59 Å². The molecule has 1 fully saturated rings. The molecular formula is C11H19NO3. The molecule has 0 bridgehead atoms. The summed E-state index contributed by atoms with van der Waals surface area (Å²) in [6.07, 6.45) is 2.11. The topological polar surface area (TPSA) is 66.4 Å². The Hall–Kier alpha value is -1.06. The van der Waals surface area contributed by atoms with Gasteiger partial charge in [-0.15, -0.1) is 0 Å². The van der Waals surface area contributed by atoms with E-state index in [2.05, 4.69) is 5.32 Å². The Kier molecular flexibility index (Phi) is 3.37. The van der Waals surface area contributed by atoms with Crippen molar-refractivity contribution in [3.8, 4) is 0 Å². The smallest absolute Gasteiger partial charge is 0.326 e. The van der Waals surface area contributed by atoms with Crippen molar-refractivity contribution in [1.82, 2.24) is 5.32 Å². The van der Waals surface area contributed by atoms with Gasteiger partial charge in [0.05, 0.1) is 0 Å². The average molecular weight is 213 g/mol. The van der Waals surface area contributed by atoms with Gasteiger partial charge in [-0.3, -0.25) is 4.79 Å². The molecule has 0 aromatic carbocycles. The number of rotatable bonds is 5. The Morgan fingerprint density at radius 2 is 2.07 bits per heavy atom. The minimum atomic E-state index is -0.941. The number of carboxylic acid groups (broad SMARTS) is 1. The monoisotopic (exact) mass is 213 g/mol. The summed E-state index contributed by atoms with van der Waals surface area (Å²) in [4.78, 5) is 22.5. The van der Waals surface area contributed by atoms with Gasteiger partial charge in [0.2, 0.25) is 5.91 Å². The van der Waals surface area contributed by atoms with Crippen LogP contribution in [0.1, 0.15) is 40.0 Å². The lowest BCUT2D eigenvalue weighted by Crippen LogP contribution is -2.41. The van der Waals surface area contributed by atoms with Gasteiger partial charge in [-0.05, 0) is 18.3 Å². The molecule has 0 aromatic heterocycles. The zero-order valence-electron chi connectivity index (χ0n) is 9.54. The van der Waals surface area contributed by atoms with E-state index in [0.29, 0.717) is 6.42 Å². The minimum absolute atomic E-state index is 0.00351. The van der Waals surface area contributed by atoms with Crippen LogP contribution in [0.4, 0.5) is 0 Å². The number of amides is 1. The standard InChI is InChI=1S/C11H19NO3/c1-4-5-8(10(14)15)12-9(13)7-6-11(7,2)3/h7-8H,4-6H2,1-3H3,(H,12,13)(H,14,15)/t7?,8-/m1/s1. The maximum atomic E-state index is 11.6. The second-order valence-electron chi connectivity index (χ2n) is 4.93. The molecule has 2 atom stereocenters. The molecule has 86 valence electrons. The van der Waals surface area contributed by atoms with Crippen molar-refractivity contribution in [1.29, 1.82) is 0 Å². The first-order valence-corrected chi connectivity index (χ1v) is 5.41. The van der Waals surface area contributed by atoms with E-state index in [1.54, 1.807) is 0 Å². The fourth-order valence-electron chi connectivity index (χ4n) is 1.73. The van der Waals surface area contributed by atoms with Crippen LogP contribution in [0, 0.1) is 11.3 Å². The minimum Gasteiger partial charge on any atom is -0.480 e. The average Bonchev–Trinajstić information content (AvgIpc) is 2.74. The van der Waals surface area contributed by atoms with Crippen LogP contribution in [0.15, 0.2) is 0 Å². The summed E-state index contributed by atoms with van der Waals surface area (Å²) in [5.41, 5.74) is 0.0549. The van der Waals surface area contributed by atoms with Crippen molar-refractivity contribution < 1.29 is 14.7 Å². The molecule has 1 amide bonds. The van der Waals surface area contributed by atoms with Gasteiger partial charge in [0.1, 0.15) is 6.04 Å². The largest absolute Gasteiger partial charge is 0.480 e. The number of carbonyl (C=O) groups excluding carboxylic acids is 1. The summed E-state index contributed by atoms with van der Waals surface area (Å²) in [6, 6.07) is -0.723. The molecule has 1 saturated carbocycles. The zero-order valence-corrected chi connectivity index (χ0v) is 9.54. The second kappa shape index (κ2) is 4.21. The molecule has 15 heavy (non-hydrogen) atoms. The van der Waals surface area contributed by atoms with Crippen LogP contribution in [0.3, 0.4) is 0 Å². The maximum Gasteiger partial charge on any atom is 0.326 e. The predicted molar refractivity (Wildman–Crippen MR) is 56.4 cm³/mol. The number of aliphatic carboxylic acids is 1. The number of carboxylic acids is 1. The number of nitrogens with one attached hydrogen (secondary N) is 1. The molecule has 0 spiro atoms. The van der Waals surface area contributed by atoms with Crippen molar-refractivity contribution in [2.45, 2.75) is 46.1 Å². The zero-order chi connectivity index (χ0) is 11.6. The van der Waals surface area contributed by atoms with Crippen LogP contribution < -0.4 is 5.32 Å². The van der Waals surface area contributed by atoms with E-state index >= 15 is 0 Å². The molecular weight excluding hydrogens is 194 g/mol. The van der Waals surface area contributed by atoms with E-state index in [0.717, 1.165) is 12.8 Å². The van der Waals surface area contributed by atoms with Crippen molar-refractivity contribution in [2.75, 3.05) is 0 Å². The highest BCUT2D eigenvalue weighted by Gasteiger charge is 2.51. The van der Waals surface area contributed by atoms with Gasteiger partial charge in [-0.2, -0.15) is 0 Å². The Bertz CT molecular complexity index is 273. The first kappa shape index (κ1) is 12.0. The summed E-state index contributed by atoms with van der Waals surface area (Å²) in [5, 5.41) is 11.5. The lowest BCUT2D eigenvalue weighted by atomic mass is 10.1. The van der Waals surface area contributed by atoms with Crippen molar-refractivity contribution in [3.63, 3.8) is 0 Å². The van der Waals surface area contributed by atoms with Gasteiger partial charge in [-0.1, -0.05) is 27.2 Å². The number of carbonyl (C=O) groups is 2. The van der Waals surface area contributed by atoms with Crippen LogP contribution in [0.25, 0.3) is 0 Å². The van der Waals surface area contributed by atoms with Crippen LogP contribution in [-0.4, -0.2) is 23.0 Å². The van der Waals surface area contributed by atoms with Crippen LogP contribution in [0.2, 0.25) is 0 Å². The molecule has 4 nitrogen and oxygen atoms in total. The number of hydrogen-bond acceptors (Lipinski definition) is 2. The summed E-state index contributed by atoms with van der Waals surface area (Å²) in [7, 11) is 0. The molecule has 0 saturated heterocycles. The Morgan fingerprint density at radius 3 is 2.40 bits per heavy atom.